The van der Waals surface area contributed by atoms with Crippen LogP contribution in [0.15, 0.2) is 28.1 Å². The maximum absolute atomic E-state index is 12.9. The molecule has 205 valence electrons. The Hall–Kier alpha value is -2.01. The Kier molecular flexibility index (Phi) is 8.81. The number of β-lactam (4-membered cyclic amide) rings is 1. The third-order valence-electron chi connectivity index (χ3n) is 6.67. The van der Waals surface area contributed by atoms with Gasteiger partial charge in [0.15, 0.2) is 5.16 Å². The van der Waals surface area contributed by atoms with Crippen LogP contribution < -0.4 is 5.32 Å². The largest absolute Gasteiger partial charge is 0.477 e. The number of halogens is 3. The second-order valence-corrected chi connectivity index (χ2v) is 11.4. The van der Waals surface area contributed by atoms with Crippen LogP contribution >= 0.6 is 23.5 Å². The maximum Gasteiger partial charge on any atom is 0.451 e. The number of alkyl halides is 3. The van der Waals surface area contributed by atoms with Gasteiger partial charge in [-0.25, -0.2) is 4.79 Å². The number of carboxylic acids is 1. The van der Waals surface area contributed by atoms with E-state index in [0.29, 0.717) is 36.6 Å². The van der Waals surface area contributed by atoms with Crippen molar-refractivity contribution < 1.29 is 37.5 Å². The van der Waals surface area contributed by atoms with E-state index in [0.717, 1.165) is 41.1 Å². The quantitative estimate of drug-likeness (QED) is 0.194. The van der Waals surface area contributed by atoms with Gasteiger partial charge in [-0.15, -0.1) is 22.0 Å². The summed E-state index contributed by atoms with van der Waals surface area (Å²) in [4.78, 5) is 53.0. The van der Waals surface area contributed by atoms with Gasteiger partial charge in [0.05, 0.1) is 5.75 Å². The molecule has 0 unspecified atom stereocenters. The molecule has 0 aromatic carbocycles. The number of nitrogens with one attached hydrogen (secondary N) is 1. The van der Waals surface area contributed by atoms with Crippen molar-refractivity contribution in [1.82, 2.24) is 29.9 Å². The van der Waals surface area contributed by atoms with Gasteiger partial charge in [-0.2, -0.15) is 13.2 Å². The van der Waals surface area contributed by atoms with Crippen LogP contribution in [0.1, 0.15) is 25.1 Å². The first-order chi connectivity index (χ1) is 18.0. The summed E-state index contributed by atoms with van der Waals surface area (Å²) < 4.78 is 39.4. The zero-order valence-electron chi connectivity index (χ0n) is 21.0. The summed E-state index contributed by atoms with van der Waals surface area (Å²) in [6, 6.07) is -0.982. The Labute approximate surface area is 251 Å². The molecule has 2 saturated heterocycles. The summed E-state index contributed by atoms with van der Waals surface area (Å²) in [7, 11) is 1.13. The molecular formula is C22H23F3N6NaO5S2. The van der Waals surface area contributed by atoms with Crippen LogP contribution in [0.25, 0.3) is 0 Å². The van der Waals surface area contributed by atoms with Crippen LogP contribution in [-0.4, -0.2) is 119 Å². The number of likely N-dealkylation sites (tertiary alicyclic amines) is 1. The number of thioether (sulfide) groups is 2. The number of allylic oxidation sites excluding steroid dienone is 1. The number of hydrogen-bond donors (Lipinski definition) is 2. The number of aliphatic carboxylic acids is 1. The molecule has 1 aromatic heterocycles. The number of nitrogens with zero attached hydrogens (tertiary/aromatic N) is 5. The first-order valence-electron chi connectivity index (χ1n) is 11.8. The van der Waals surface area contributed by atoms with Crippen molar-refractivity contribution in [3.8, 4) is 0 Å². The van der Waals surface area contributed by atoms with Gasteiger partial charge in [-0.1, -0.05) is 11.8 Å². The Morgan fingerprint density at radius 3 is 2.59 bits per heavy atom. The molecule has 4 aliphatic rings. The smallest absolute Gasteiger partial charge is 0.451 e. The van der Waals surface area contributed by atoms with E-state index in [-0.39, 0.29) is 57.8 Å². The van der Waals surface area contributed by atoms with Crippen LogP contribution in [0.4, 0.5) is 13.2 Å². The van der Waals surface area contributed by atoms with E-state index < -0.39 is 41.2 Å². The summed E-state index contributed by atoms with van der Waals surface area (Å²) >= 11 is 2.00. The Morgan fingerprint density at radius 2 is 1.97 bits per heavy atom. The summed E-state index contributed by atoms with van der Waals surface area (Å²) in [6.07, 6.45) is -0.373. The minimum absolute atomic E-state index is 0. The van der Waals surface area contributed by atoms with Gasteiger partial charge in [-0.05, 0) is 36.8 Å². The molecule has 5 rings (SSSR count). The minimum atomic E-state index is -4.69. The number of amides is 3. The van der Waals surface area contributed by atoms with Gasteiger partial charge in [-0.3, -0.25) is 19.3 Å². The number of carbonyl (C=O) groups is 4. The molecule has 1 radical (unpaired) electrons. The topological polar surface area (TPSA) is 138 Å². The predicted octanol–water partition coefficient (Wildman–Crippen LogP) is 0.853. The molecular weight excluding hydrogens is 572 g/mol. The van der Waals surface area contributed by atoms with Crippen LogP contribution in [0.3, 0.4) is 0 Å². The molecule has 0 bridgehead atoms. The summed E-state index contributed by atoms with van der Waals surface area (Å²) in [6.45, 7) is 1.30. The molecule has 39 heavy (non-hydrogen) atoms. The number of hydrogen-bond acceptors (Lipinski definition) is 8. The zero-order chi connectivity index (χ0) is 27.4. The zero-order valence-corrected chi connectivity index (χ0v) is 24.7. The fourth-order valence-electron chi connectivity index (χ4n) is 4.58. The second kappa shape index (κ2) is 11.5. The van der Waals surface area contributed by atoms with Crippen LogP contribution in [0.2, 0.25) is 0 Å². The Bertz CT molecular complexity index is 1280. The van der Waals surface area contributed by atoms with Crippen molar-refractivity contribution in [2.45, 2.75) is 42.0 Å². The van der Waals surface area contributed by atoms with E-state index in [2.05, 4.69) is 15.5 Å². The van der Waals surface area contributed by atoms with Crippen molar-refractivity contribution in [3.63, 3.8) is 0 Å². The van der Waals surface area contributed by atoms with Crippen LogP contribution in [0.5, 0.6) is 0 Å². The maximum atomic E-state index is 12.9. The first-order valence-corrected chi connectivity index (χ1v) is 13.8. The molecule has 1 aromatic rings. The van der Waals surface area contributed by atoms with E-state index in [1.165, 1.54) is 11.8 Å². The SMILES string of the molecule is Cn1c(SCC(=O)N[C@@H]2C(=O)N3C(C(=O)O)=C(C=C4CCN(CC5CC5)C4=O)CS[C@H]23)nnc1C(F)(F)F.[Na]. The standard InChI is InChI=1S/C22H23F3N6O5S2.Na/c1-29-20(22(23,24)25)27-28-21(29)38-9-13(32)26-14-17(34)31-15(19(35)36)12(8-37-18(14)31)6-11-4-5-30(16(11)33)7-10-2-3-10;/h6,10,14,18H,2-5,7-9H2,1H3,(H,26,32)(H,35,36);/t14-,18-;/m1./s1. The van der Waals surface area contributed by atoms with Gasteiger partial charge < -0.3 is 19.9 Å². The molecule has 17 heteroatoms. The molecule has 2 atom stereocenters. The Balaban J connectivity index is 0.00000353. The van der Waals surface area contributed by atoms with E-state index in [4.69, 9.17) is 0 Å². The molecule has 3 amide bonds. The average molecular weight is 596 g/mol. The molecule has 1 saturated carbocycles. The van der Waals surface area contributed by atoms with Crippen LogP contribution in [0, 0.1) is 5.92 Å². The minimum Gasteiger partial charge on any atom is -0.477 e. The number of rotatable bonds is 8. The van der Waals surface area contributed by atoms with Gasteiger partial charge in [0.2, 0.25) is 17.6 Å². The molecule has 2 N–H and O–H groups in total. The van der Waals surface area contributed by atoms with Crippen molar-refractivity contribution in [1.29, 1.82) is 0 Å². The van der Waals surface area contributed by atoms with Gasteiger partial charge in [0.25, 0.3) is 5.91 Å². The van der Waals surface area contributed by atoms with Crippen molar-refractivity contribution in [3.05, 3.63) is 28.7 Å². The predicted molar refractivity (Wildman–Crippen MR) is 134 cm³/mol. The number of fused-ring (bicyclic) bond motifs is 1. The molecule has 1 aliphatic carbocycles. The van der Waals surface area contributed by atoms with Crippen molar-refractivity contribution in [2.75, 3.05) is 24.6 Å². The molecule has 3 fully saturated rings. The molecule has 3 aliphatic heterocycles. The summed E-state index contributed by atoms with van der Waals surface area (Å²) in [5.74, 6) is -3.38. The summed E-state index contributed by atoms with van der Waals surface area (Å²) in [5, 5.41) is 18.2. The van der Waals surface area contributed by atoms with Gasteiger partial charge in [0.1, 0.15) is 17.1 Å². The normalized spacial score (nSPS) is 24.1. The van der Waals surface area contributed by atoms with Crippen molar-refractivity contribution in [2.24, 2.45) is 13.0 Å². The molecule has 11 nitrogen and oxygen atoms in total. The first kappa shape index (κ1) is 30.0. The number of carbonyl (C=O) groups excluding carboxylic acids is 3. The third kappa shape index (κ3) is 6.04. The van der Waals surface area contributed by atoms with Gasteiger partial charge >= 0.3 is 12.1 Å². The second-order valence-electron chi connectivity index (χ2n) is 9.40. The number of carboxylic acid groups (broad SMARTS) is 1. The Morgan fingerprint density at radius 1 is 1.26 bits per heavy atom. The third-order valence-corrected chi connectivity index (χ3v) is 9.00. The van der Waals surface area contributed by atoms with E-state index in [1.54, 1.807) is 11.0 Å². The van der Waals surface area contributed by atoms with Gasteiger partial charge in [0, 0.05) is 61.0 Å². The van der Waals surface area contributed by atoms with E-state index in [1.807, 2.05) is 0 Å². The van der Waals surface area contributed by atoms with E-state index in [9.17, 15) is 37.5 Å². The molecule has 4 heterocycles. The number of aromatic nitrogens is 3. The van der Waals surface area contributed by atoms with E-state index >= 15 is 0 Å². The fourth-order valence-corrected chi connectivity index (χ4v) is 6.61. The average Bonchev–Trinajstić information content (AvgIpc) is 3.50. The van der Waals surface area contributed by atoms with Crippen molar-refractivity contribution >= 4 is 76.8 Å². The summed E-state index contributed by atoms with van der Waals surface area (Å²) in [5.41, 5.74) is 0.677. The molecule has 0 spiro atoms. The fraction of sp³-hybridized carbons (Fsp3) is 0.545. The van der Waals surface area contributed by atoms with Crippen LogP contribution in [-0.2, 0) is 32.4 Å². The monoisotopic (exact) mass is 595 g/mol.